The molecule has 0 bridgehead atoms. The van der Waals surface area contributed by atoms with Gasteiger partial charge in [0.15, 0.2) is 0 Å². The van der Waals surface area contributed by atoms with E-state index < -0.39 is 11.4 Å². The number of hydrogen-bond acceptors (Lipinski definition) is 1. The standard InChI is InChI=1S/C22H34O2/c1-14(2)16-8-6-9-18-17(13-16)15(3)12-19-21(18,4)10-7-11-22(19,5)20(23)24/h13-14,18-19H,6-12H2,1-5H3,(H,23,24)/t18?,19?,21-,22-/m1/s1. The van der Waals surface area contributed by atoms with E-state index in [-0.39, 0.29) is 11.3 Å². The Morgan fingerprint density at radius 1 is 1.25 bits per heavy atom. The van der Waals surface area contributed by atoms with Crippen LogP contribution >= 0.6 is 0 Å². The van der Waals surface area contributed by atoms with Crippen LogP contribution in [0, 0.1) is 28.6 Å². The number of fused-ring (bicyclic) bond motifs is 3. The second-order valence-electron chi connectivity index (χ2n) is 9.39. The van der Waals surface area contributed by atoms with Crippen molar-refractivity contribution in [3.8, 4) is 0 Å². The van der Waals surface area contributed by atoms with E-state index in [0.29, 0.717) is 11.8 Å². The third kappa shape index (κ3) is 2.57. The molecule has 134 valence electrons. The molecule has 1 fully saturated rings. The van der Waals surface area contributed by atoms with Gasteiger partial charge in [-0.05, 0) is 81.1 Å². The van der Waals surface area contributed by atoms with Gasteiger partial charge >= 0.3 is 5.97 Å². The first-order chi connectivity index (χ1) is 11.2. The molecular formula is C22H34O2. The van der Waals surface area contributed by atoms with Crippen LogP contribution in [-0.4, -0.2) is 11.1 Å². The summed E-state index contributed by atoms with van der Waals surface area (Å²) < 4.78 is 0. The number of allylic oxidation sites excluding steroid dienone is 4. The minimum Gasteiger partial charge on any atom is -0.481 e. The number of rotatable bonds is 2. The molecule has 0 aliphatic heterocycles. The molecule has 2 nitrogen and oxygen atoms in total. The molecule has 0 aromatic heterocycles. The van der Waals surface area contributed by atoms with Crippen LogP contribution in [0.25, 0.3) is 0 Å². The lowest BCUT2D eigenvalue weighted by atomic mass is 9.46. The molecule has 3 aliphatic carbocycles. The highest BCUT2D eigenvalue weighted by Crippen LogP contribution is 2.62. The number of aliphatic carboxylic acids is 1. The van der Waals surface area contributed by atoms with E-state index in [1.165, 1.54) is 31.3 Å². The van der Waals surface area contributed by atoms with Gasteiger partial charge in [0.25, 0.3) is 0 Å². The Morgan fingerprint density at radius 2 is 1.96 bits per heavy atom. The summed E-state index contributed by atoms with van der Waals surface area (Å²) in [5, 5.41) is 9.98. The summed E-state index contributed by atoms with van der Waals surface area (Å²) in [4.78, 5) is 12.1. The Labute approximate surface area is 147 Å². The molecule has 3 rings (SSSR count). The fraction of sp³-hybridized carbons (Fsp3) is 0.773. The molecule has 0 aromatic rings. The Morgan fingerprint density at radius 3 is 2.58 bits per heavy atom. The van der Waals surface area contributed by atoms with Crippen molar-refractivity contribution in [1.29, 1.82) is 0 Å². The van der Waals surface area contributed by atoms with Crippen LogP contribution in [0.3, 0.4) is 0 Å². The third-order valence-corrected chi connectivity index (χ3v) is 7.68. The van der Waals surface area contributed by atoms with Crippen molar-refractivity contribution < 1.29 is 9.90 Å². The highest BCUT2D eigenvalue weighted by molar-refractivity contribution is 5.75. The smallest absolute Gasteiger partial charge is 0.309 e. The SMILES string of the molecule is CC1=C2C=C(C(C)C)CCCC2[C@@]2(C)CCC[C@@](C)(C(=O)O)C2C1. The first-order valence-electron chi connectivity index (χ1n) is 9.83. The molecule has 2 heteroatoms. The number of carbonyl (C=O) groups is 1. The van der Waals surface area contributed by atoms with Crippen molar-refractivity contribution >= 4 is 5.97 Å². The first kappa shape index (κ1) is 17.8. The fourth-order valence-electron chi connectivity index (χ4n) is 6.07. The number of hydrogen-bond donors (Lipinski definition) is 1. The van der Waals surface area contributed by atoms with Gasteiger partial charge in [-0.2, -0.15) is 0 Å². The van der Waals surface area contributed by atoms with Gasteiger partial charge in [-0.1, -0.05) is 44.4 Å². The van der Waals surface area contributed by atoms with E-state index >= 15 is 0 Å². The summed E-state index contributed by atoms with van der Waals surface area (Å²) in [6.45, 7) is 11.3. The summed E-state index contributed by atoms with van der Waals surface area (Å²) in [7, 11) is 0. The van der Waals surface area contributed by atoms with Gasteiger partial charge in [-0.3, -0.25) is 4.79 Å². The Kier molecular flexibility index (Phi) is 4.47. The molecule has 3 aliphatic rings. The summed E-state index contributed by atoms with van der Waals surface area (Å²) in [6, 6.07) is 0. The molecule has 0 heterocycles. The Balaban J connectivity index is 2.09. The third-order valence-electron chi connectivity index (χ3n) is 7.68. The van der Waals surface area contributed by atoms with Gasteiger partial charge in [-0.25, -0.2) is 0 Å². The molecule has 0 saturated heterocycles. The number of carboxylic acids is 1. The Bertz CT molecular complexity index is 597. The van der Waals surface area contributed by atoms with Crippen molar-refractivity contribution in [3.05, 3.63) is 22.8 Å². The largest absolute Gasteiger partial charge is 0.481 e. The maximum atomic E-state index is 12.1. The zero-order valence-electron chi connectivity index (χ0n) is 16.1. The van der Waals surface area contributed by atoms with Crippen LogP contribution in [0.15, 0.2) is 22.8 Å². The van der Waals surface area contributed by atoms with Crippen LogP contribution in [0.5, 0.6) is 0 Å². The molecule has 0 amide bonds. The number of carboxylic acid groups (broad SMARTS) is 1. The molecule has 4 atom stereocenters. The first-order valence-corrected chi connectivity index (χ1v) is 9.83. The maximum Gasteiger partial charge on any atom is 0.309 e. The quantitative estimate of drug-likeness (QED) is 0.675. The molecule has 0 spiro atoms. The summed E-state index contributed by atoms with van der Waals surface area (Å²) >= 11 is 0. The molecular weight excluding hydrogens is 296 g/mol. The van der Waals surface area contributed by atoms with Gasteiger partial charge in [-0.15, -0.1) is 0 Å². The second kappa shape index (κ2) is 6.04. The summed E-state index contributed by atoms with van der Waals surface area (Å²) in [6.07, 6.45) is 10.2. The topological polar surface area (TPSA) is 37.3 Å². The maximum absolute atomic E-state index is 12.1. The van der Waals surface area contributed by atoms with Crippen LogP contribution in [0.2, 0.25) is 0 Å². The average molecular weight is 331 g/mol. The lowest BCUT2D eigenvalue weighted by Crippen LogP contribution is -2.53. The lowest BCUT2D eigenvalue weighted by molar-refractivity contribution is -0.162. The highest BCUT2D eigenvalue weighted by atomic mass is 16.4. The van der Waals surface area contributed by atoms with Gasteiger partial charge in [0.05, 0.1) is 5.41 Å². The van der Waals surface area contributed by atoms with Crippen molar-refractivity contribution in [1.82, 2.24) is 0 Å². The van der Waals surface area contributed by atoms with E-state index in [9.17, 15) is 9.90 Å². The molecule has 2 unspecified atom stereocenters. The zero-order valence-corrected chi connectivity index (χ0v) is 16.1. The van der Waals surface area contributed by atoms with Crippen LogP contribution in [0.1, 0.15) is 79.6 Å². The Hall–Kier alpha value is -1.05. The monoisotopic (exact) mass is 330 g/mol. The van der Waals surface area contributed by atoms with Crippen LogP contribution < -0.4 is 0 Å². The van der Waals surface area contributed by atoms with Crippen molar-refractivity contribution in [2.24, 2.45) is 28.6 Å². The van der Waals surface area contributed by atoms with Crippen molar-refractivity contribution in [2.45, 2.75) is 79.6 Å². The molecule has 24 heavy (non-hydrogen) atoms. The normalized spacial score (nSPS) is 39.8. The predicted octanol–water partition coefficient (Wildman–Crippen LogP) is 5.99. The zero-order chi connectivity index (χ0) is 17.7. The average Bonchev–Trinajstić information content (AvgIpc) is 2.74. The fourth-order valence-corrected chi connectivity index (χ4v) is 6.07. The van der Waals surface area contributed by atoms with E-state index in [0.717, 1.165) is 19.3 Å². The molecule has 0 radical (unpaired) electrons. The second-order valence-corrected chi connectivity index (χ2v) is 9.39. The van der Waals surface area contributed by atoms with Gasteiger partial charge in [0, 0.05) is 0 Å². The van der Waals surface area contributed by atoms with Gasteiger partial charge in [0.2, 0.25) is 0 Å². The predicted molar refractivity (Wildman–Crippen MR) is 98.8 cm³/mol. The molecule has 1 saturated carbocycles. The van der Waals surface area contributed by atoms with Crippen molar-refractivity contribution in [2.75, 3.05) is 0 Å². The van der Waals surface area contributed by atoms with E-state index in [4.69, 9.17) is 0 Å². The summed E-state index contributed by atoms with van der Waals surface area (Å²) in [5.74, 6) is 0.859. The van der Waals surface area contributed by atoms with E-state index in [2.05, 4.69) is 33.8 Å². The minimum absolute atomic E-state index is 0.142. The minimum atomic E-state index is -0.582. The van der Waals surface area contributed by atoms with Crippen LogP contribution in [0.4, 0.5) is 0 Å². The van der Waals surface area contributed by atoms with E-state index in [1.54, 1.807) is 11.1 Å². The lowest BCUT2D eigenvalue weighted by Gasteiger charge is -2.57. The van der Waals surface area contributed by atoms with Crippen molar-refractivity contribution in [3.63, 3.8) is 0 Å². The van der Waals surface area contributed by atoms with Gasteiger partial charge < -0.3 is 5.11 Å². The van der Waals surface area contributed by atoms with E-state index in [1.807, 2.05) is 6.92 Å². The molecule has 1 N–H and O–H groups in total. The van der Waals surface area contributed by atoms with Crippen LogP contribution in [-0.2, 0) is 4.79 Å². The summed E-state index contributed by atoms with van der Waals surface area (Å²) in [5.41, 5.74) is 4.19. The van der Waals surface area contributed by atoms with Gasteiger partial charge in [0.1, 0.15) is 0 Å². The highest BCUT2D eigenvalue weighted by Gasteiger charge is 2.57. The molecule has 0 aromatic carbocycles.